The van der Waals surface area contributed by atoms with Crippen LogP contribution in [0.15, 0.2) is 0 Å². The van der Waals surface area contributed by atoms with Gasteiger partial charge < -0.3 is 5.73 Å². The van der Waals surface area contributed by atoms with Crippen molar-refractivity contribution >= 4 is 20.2 Å². The Morgan fingerprint density at radius 3 is 1.65 bits per heavy atom. The van der Waals surface area contributed by atoms with Crippen molar-refractivity contribution < 1.29 is 25.2 Å². The third-order valence-corrected chi connectivity index (χ3v) is 3.48. The summed E-state index contributed by atoms with van der Waals surface area (Å²) in [6.07, 6.45) is 5.50. The van der Waals surface area contributed by atoms with Gasteiger partial charge in [-0.25, -0.2) is 8.37 Å². The van der Waals surface area contributed by atoms with Crippen molar-refractivity contribution in [1.29, 1.82) is 0 Å². The average Bonchev–Trinajstić information content (AvgIpc) is 2.17. The fourth-order valence-electron chi connectivity index (χ4n) is 1.66. The van der Waals surface area contributed by atoms with E-state index in [1.165, 1.54) is 0 Å². The Balaban J connectivity index is 4.47. The molecule has 0 bridgehead atoms. The van der Waals surface area contributed by atoms with Crippen LogP contribution in [0.2, 0.25) is 0 Å². The first-order valence-electron chi connectivity index (χ1n) is 6.28. The minimum Gasteiger partial charge on any atom is -0.330 e. The number of hydrogen-bond donors (Lipinski definition) is 2. The van der Waals surface area contributed by atoms with Crippen LogP contribution in [0.1, 0.15) is 38.5 Å². The third kappa shape index (κ3) is 11.6. The lowest BCUT2D eigenvalue weighted by molar-refractivity contribution is -0.105. The van der Waals surface area contributed by atoms with Gasteiger partial charge in [-0.2, -0.15) is 16.8 Å². The maximum Gasteiger partial charge on any atom is 0.268 e. The third-order valence-electron chi connectivity index (χ3n) is 2.31. The molecule has 0 unspecified atom stereocenters. The molecule has 0 fully saturated rings. The van der Waals surface area contributed by atoms with Crippen molar-refractivity contribution in [3.05, 3.63) is 0 Å². The molecule has 0 aliphatic heterocycles. The van der Waals surface area contributed by atoms with Gasteiger partial charge in [0.25, 0.3) is 26.1 Å². The van der Waals surface area contributed by atoms with Gasteiger partial charge in [-0.3, -0.25) is 5.73 Å². The zero-order chi connectivity index (χ0) is 15.9. The van der Waals surface area contributed by atoms with Crippen molar-refractivity contribution in [2.24, 2.45) is 11.5 Å². The van der Waals surface area contributed by atoms with Crippen LogP contribution >= 0.6 is 0 Å². The van der Waals surface area contributed by atoms with Gasteiger partial charge in [0, 0.05) is 6.42 Å². The molecule has 10 heteroatoms. The highest BCUT2D eigenvalue weighted by Gasteiger charge is 2.35. The Labute approximate surface area is 121 Å². The Bertz CT molecular complexity index is 440. The highest BCUT2D eigenvalue weighted by atomic mass is 32.2. The summed E-state index contributed by atoms with van der Waals surface area (Å²) in [5.41, 5.74) is 10.9. The summed E-state index contributed by atoms with van der Waals surface area (Å²) in [5, 5.41) is 0. The molecule has 0 aromatic rings. The van der Waals surface area contributed by atoms with Gasteiger partial charge in [0.15, 0.2) is 0 Å². The second-order valence-electron chi connectivity index (χ2n) is 4.69. The van der Waals surface area contributed by atoms with Crippen molar-refractivity contribution in [3.63, 3.8) is 0 Å². The summed E-state index contributed by atoms with van der Waals surface area (Å²) >= 11 is 0. The second-order valence-corrected chi connectivity index (χ2v) is 7.84. The summed E-state index contributed by atoms with van der Waals surface area (Å²) in [6, 6.07) is 0. The lowest BCUT2D eigenvalue weighted by Crippen LogP contribution is -2.48. The van der Waals surface area contributed by atoms with Crippen molar-refractivity contribution in [2.45, 2.75) is 44.4 Å². The molecule has 0 atom stereocenters. The summed E-state index contributed by atoms with van der Waals surface area (Å²) in [6.45, 7) is 0.620. The standard InChI is InChI=1S/C10H24N2O6S2/c1-19(13,14)17-10(12,18-20(2,15)16)8-6-4-3-5-7-9-11/h3-9,11-12H2,1-2H3. The largest absolute Gasteiger partial charge is 0.330 e. The highest BCUT2D eigenvalue weighted by Crippen LogP contribution is 2.20. The van der Waals surface area contributed by atoms with Crippen LogP contribution in [0.5, 0.6) is 0 Å². The predicted octanol–water partition coefficient (Wildman–Crippen LogP) is -0.149. The van der Waals surface area contributed by atoms with E-state index < -0.39 is 26.1 Å². The Morgan fingerprint density at radius 2 is 1.25 bits per heavy atom. The van der Waals surface area contributed by atoms with Crippen LogP contribution in [0.3, 0.4) is 0 Å². The zero-order valence-electron chi connectivity index (χ0n) is 11.9. The van der Waals surface area contributed by atoms with E-state index in [1.54, 1.807) is 0 Å². The topological polar surface area (TPSA) is 139 Å². The van der Waals surface area contributed by atoms with Gasteiger partial charge >= 0.3 is 0 Å². The van der Waals surface area contributed by atoms with Crippen molar-refractivity contribution in [3.8, 4) is 0 Å². The molecule has 0 aromatic carbocycles. The Morgan fingerprint density at radius 1 is 0.850 bits per heavy atom. The first kappa shape index (κ1) is 19.7. The monoisotopic (exact) mass is 332 g/mol. The first-order valence-corrected chi connectivity index (χ1v) is 9.91. The van der Waals surface area contributed by atoms with Gasteiger partial charge in [-0.1, -0.05) is 19.3 Å². The minimum absolute atomic E-state index is 0.0459. The molecule has 0 saturated heterocycles. The normalized spacial score (nSPS) is 13.6. The molecule has 0 rings (SSSR count). The first-order chi connectivity index (χ1) is 8.97. The molecule has 0 aliphatic carbocycles. The molecule has 4 N–H and O–H groups in total. The van der Waals surface area contributed by atoms with Crippen LogP contribution in [-0.4, -0.2) is 41.8 Å². The molecule has 0 saturated carbocycles. The molecule has 0 amide bonds. The second kappa shape index (κ2) is 8.25. The molecule has 20 heavy (non-hydrogen) atoms. The minimum atomic E-state index is -3.94. The van der Waals surface area contributed by atoms with E-state index in [4.69, 9.17) is 11.5 Å². The maximum absolute atomic E-state index is 11.1. The number of rotatable bonds is 11. The van der Waals surface area contributed by atoms with Crippen molar-refractivity contribution in [1.82, 2.24) is 0 Å². The van der Waals surface area contributed by atoms with Gasteiger partial charge in [-0.15, -0.1) is 0 Å². The van der Waals surface area contributed by atoms with E-state index in [1.807, 2.05) is 0 Å². The van der Waals surface area contributed by atoms with Crippen LogP contribution in [0.25, 0.3) is 0 Å². The van der Waals surface area contributed by atoms with Crippen LogP contribution in [0, 0.1) is 0 Å². The van der Waals surface area contributed by atoms with Crippen LogP contribution < -0.4 is 11.5 Å². The van der Waals surface area contributed by atoms with E-state index in [-0.39, 0.29) is 6.42 Å². The van der Waals surface area contributed by atoms with Crippen molar-refractivity contribution in [2.75, 3.05) is 19.1 Å². The van der Waals surface area contributed by atoms with Crippen LogP contribution in [-0.2, 0) is 28.6 Å². The fourth-order valence-corrected chi connectivity index (χ4v) is 2.96. The number of hydrogen-bond acceptors (Lipinski definition) is 8. The molecule has 0 radical (unpaired) electrons. The SMILES string of the molecule is CS(=O)(=O)OC(N)(CCCCCCCN)OS(C)(=O)=O. The Hall–Kier alpha value is -0.260. The van der Waals surface area contributed by atoms with E-state index in [0.29, 0.717) is 13.0 Å². The molecule has 122 valence electrons. The molecular weight excluding hydrogens is 308 g/mol. The molecule has 0 heterocycles. The average molecular weight is 332 g/mol. The fraction of sp³-hybridized carbons (Fsp3) is 1.00. The van der Waals surface area contributed by atoms with Gasteiger partial charge in [-0.05, 0) is 19.4 Å². The number of unbranched alkanes of at least 4 members (excludes halogenated alkanes) is 4. The van der Waals surface area contributed by atoms with E-state index in [0.717, 1.165) is 38.2 Å². The highest BCUT2D eigenvalue weighted by molar-refractivity contribution is 7.86. The van der Waals surface area contributed by atoms with Gasteiger partial charge in [0.05, 0.1) is 12.5 Å². The summed E-state index contributed by atoms with van der Waals surface area (Å²) in [7, 11) is -7.87. The summed E-state index contributed by atoms with van der Waals surface area (Å²) < 4.78 is 53.6. The van der Waals surface area contributed by atoms with Crippen LogP contribution in [0.4, 0.5) is 0 Å². The molecule has 0 spiro atoms. The maximum atomic E-state index is 11.1. The van der Waals surface area contributed by atoms with E-state index in [2.05, 4.69) is 8.37 Å². The molecule has 8 nitrogen and oxygen atoms in total. The lowest BCUT2D eigenvalue weighted by atomic mass is 10.1. The zero-order valence-corrected chi connectivity index (χ0v) is 13.5. The summed E-state index contributed by atoms with van der Waals surface area (Å²) in [4.78, 5) is 0. The smallest absolute Gasteiger partial charge is 0.268 e. The van der Waals surface area contributed by atoms with Gasteiger partial charge in [0.2, 0.25) is 0 Å². The molecular formula is C10H24N2O6S2. The Kier molecular flexibility index (Phi) is 8.14. The van der Waals surface area contributed by atoms with Gasteiger partial charge in [0.1, 0.15) is 0 Å². The molecule has 0 aromatic heterocycles. The quantitative estimate of drug-likeness (QED) is 0.302. The van der Waals surface area contributed by atoms with E-state index >= 15 is 0 Å². The number of nitrogens with two attached hydrogens (primary N) is 2. The summed E-state index contributed by atoms with van der Waals surface area (Å²) in [5.74, 6) is -2.19. The van der Waals surface area contributed by atoms with E-state index in [9.17, 15) is 16.8 Å². The lowest BCUT2D eigenvalue weighted by Gasteiger charge is -2.26. The molecule has 0 aliphatic rings. The predicted molar refractivity (Wildman–Crippen MR) is 75.5 cm³/mol.